The number of pyridine rings is 1. The summed E-state index contributed by atoms with van der Waals surface area (Å²) in [6, 6.07) is 20.1. The Morgan fingerprint density at radius 3 is 2.54 bits per heavy atom. The third-order valence-electron chi connectivity index (χ3n) is 4.64. The first-order chi connectivity index (χ1) is 12.6. The number of nitrogens with zero attached hydrogens (tertiary/aromatic N) is 2. The van der Waals surface area contributed by atoms with E-state index >= 15 is 0 Å². The molecule has 0 bridgehead atoms. The van der Waals surface area contributed by atoms with Crippen LogP contribution in [-0.2, 0) is 6.54 Å². The molecule has 1 amide bonds. The van der Waals surface area contributed by atoms with Crippen molar-refractivity contribution in [1.29, 1.82) is 0 Å². The fourth-order valence-corrected chi connectivity index (χ4v) is 3.23. The molecule has 26 heavy (non-hydrogen) atoms. The highest BCUT2D eigenvalue weighted by Gasteiger charge is 2.21. The molecule has 4 aromatic rings. The van der Waals surface area contributed by atoms with Gasteiger partial charge in [-0.15, -0.1) is 0 Å². The molecule has 4 rings (SSSR count). The Hall–Kier alpha value is -3.14. The van der Waals surface area contributed by atoms with Crippen LogP contribution in [0.1, 0.15) is 29.9 Å². The van der Waals surface area contributed by atoms with E-state index in [0.717, 1.165) is 27.4 Å². The lowest BCUT2D eigenvalue weighted by molar-refractivity contribution is 0.0685. The van der Waals surface area contributed by atoms with Crippen molar-refractivity contribution in [3.8, 4) is 0 Å². The van der Waals surface area contributed by atoms with E-state index in [1.165, 1.54) is 0 Å². The largest absolute Gasteiger partial charge is 0.351 e. The summed E-state index contributed by atoms with van der Waals surface area (Å²) in [6.07, 6.45) is 1.86. The molecular formula is C22H21N3O. The zero-order valence-corrected chi connectivity index (χ0v) is 14.9. The summed E-state index contributed by atoms with van der Waals surface area (Å²) in [5.74, 6) is 0.00404. The van der Waals surface area contributed by atoms with Crippen LogP contribution in [0.3, 0.4) is 0 Å². The van der Waals surface area contributed by atoms with Gasteiger partial charge in [-0.05, 0) is 43.7 Å². The monoisotopic (exact) mass is 343 g/mol. The third kappa shape index (κ3) is 3.06. The lowest BCUT2D eigenvalue weighted by Crippen LogP contribution is -2.36. The van der Waals surface area contributed by atoms with Crippen LogP contribution in [0.4, 0.5) is 0 Å². The Labute approximate surface area is 152 Å². The van der Waals surface area contributed by atoms with Crippen molar-refractivity contribution in [2.75, 3.05) is 0 Å². The Bertz CT molecular complexity index is 1050. The zero-order chi connectivity index (χ0) is 18.1. The smallest absolute Gasteiger partial charge is 0.270 e. The van der Waals surface area contributed by atoms with Crippen LogP contribution in [0.2, 0.25) is 0 Å². The maximum Gasteiger partial charge on any atom is 0.270 e. The predicted molar refractivity (Wildman–Crippen MR) is 105 cm³/mol. The Balaban J connectivity index is 1.64. The molecule has 0 atom stereocenters. The molecule has 130 valence electrons. The number of rotatable bonds is 4. The minimum absolute atomic E-state index is 0.00404. The lowest BCUT2D eigenvalue weighted by atomic mass is 10.1. The number of hydrogen-bond donors (Lipinski definition) is 1. The van der Waals surface area contributed by atoms with E-state index in [0.29, 0.717) is 12.2 Å². The standard InChI is InChI=1S/C22H21N3O/c1-15(2)25(14-16-11-17-7-3-5-9-19(17)23-13-16)22(26)21-12-18-8-4-6-10-20(18)24-21/h3-13,15,24H,14H2,1-2H3. The van der Waals surface area contributed by atoms with Crippen LogP contribution in [0.5, 0.6) is 0 Å². The van der Waals surface area contributed by atoms with Gasteiger partial charge in [0.15, 0.2) is 0 Å². The van der Waals surface area contributed by atoms with E-state index in [1.54, 1.807) is 0 Å². The Morgan fingerprint density at radius 1 is 1.04 bits per heavy atom. The molecule has 4 nitrogen and oxygen atoms in total. The average molecular weight is 343 g/mol. The van der Waals surface area contributed by atoms with Crippen LogP contribution in [0.15, 0.2) is 66.9 Å². The highest BCUT2D eigenvalue weighted by atomic mass is 16.2. The predicted octanol–water partition coefficient (Wildman–Crippen LogP) is 4.77. The fraction of sp³-hybridized carbons (Fsp3) is 0.182. The van der Waals surface area contributed by atoms with Crippen molar-refractivity contribution in [3.63, 3.8) is 0 Å². The number of hydrogen-bond acceptors (Lipinski definition) is 2. The van der Waals surface area contributed by atoms with E-state index in [2.05, 4.69) is 16.0 Å². The number of carbonyl (C=O) groups is 1. The maximum atomic E-state index is 13.1. The second-order valence-corrected chi connectivity index (χ2v) is 6.83. The number of nitrogens with one attached hydrogen (secondary N) is 1. The summed E-state index contributed by atoms with van der Waals surface area (Å²) in [4.78, 5) is 22.7. The summed E-state index contributed by atoms with van der Waals surface area (Å²) in [6.45, 7) is 4.60. The number of carbonyl (C=O) groups excluding carboxylic acids is 1. The molecule has 0 unspecified atom stereocenters. The minimum atomic E-state index is 0.00404. The molecule has 2 heterocycles. The topological polar surface area (TPSA) is 49.0 Å². The molecule has 0 saturated carbocycles. The van der Waals surface area contributed by atoms with Gasteiger partial charge < -0.3 is 9.88 Å². The zero-order valence-electron chi connectivity index (χ0n) is 14.9. The quantitative estimate of drug-likeness (QED) is 0.580. The van der Waals surface area contributed by atoms with Gasteiger partial charge in [-0.1, -0.05) is 36.4 Å². The van der Waals surface area contributed by atoms with Crippen LogP contribution in [0.25, 0.3) is 21.8 Å². The van der Waals surface area contributed by atoms with Crippen LogP contribution in [0, 0.1) is 0 Å². The number of benzene rings is 2. The second kappa shape index (κ2) is 6.64. The number of fused-ring (bicyclic) bond motifs is 2. The minimum Gasteiger partial charge on any atom is -0.351 e. The summed E-state index contributed by atoms with van der Waals surface area (Å²) in [7, 11) is 0. The molecule has 0 spiro atoms. The Kier molecular flexibility index (Phi) is 4.17. The molecule has 2 aromatic heterocycles. The fourth-order valence-electron chi connectivity index (χ4n) is 3.23. The van der Waals surface area contributed by atoms with E-state index in [9.17, 15) is 4.79 Å². The van der Waals surface area contributed by atoms with Gasteiger partial charge in [0.25, 0.3) is 5.91 Å². The van der Waals surface area contributed by atoms with Crippen LogP contribution >= 0.6 is 0 Å². The number of H-pyrrole nitrogens is 1. The van der Waals surface area contributed by atoms with Crippen molar-refractivity contribution >= 4 is 27.7 Å². The first kappa shape index (κ1) is 16.3. The van der Waals surface area contributed by atoms with Gasteiger partial charge in [-0.25, -0.2) is 0 Å². The molecule has 2 aromatic carbocycles. The summed E-state index contributed by atoms with van der Waals surface area (Å²) in [5, 5.41) is 2.14. The number of para-hydroxylation sites is 2. The molecular weight excluding hydrogens is 322 g/mol. The van der Waals surface area contributed by atoms with Crippen LogP contribution in [-0.4, -0.2) is 26.8 Å². The SMILES string of the molecule is CC(C)N(Cc1cnc2ccccc2c1)C(=O)c1cc2ccccc2[nH]1. The van der Waals surface area contributed by atoms with Gasteiger partial charge in [0, 0.05) is 35.1 Å². The van der Waals surface area contributed by atoms with Gasteiger partial charge >= 0.3 is 0 Å². The number of amides is 1. The van der Waals surface area contributed by atoms with Crippen molar-refractivity contribution in [3.05, 3.63) is 78.1 Å². The normalized spacial score (nSPS) is 11.3. The van der Waals surface area contributed by atoms with E-state index in [1.807, 2.05) is 79.5 Å². The van der Waals surface area contributed by atoms with Gasteiger partial charge in [-0.2, -0.15) is 0 Å². The van der Waals surface area contributed by atoms with E-state index in [4.69, 9.17) is 0 Å². The first-order valence-electron chi connectivity index (χ1n) is 8.84. The average Bonchev–Trinajstić information content (AvgIpc) is 3.09. The van der Waals surface area contributed by atoms with Crippen molar-refractivity contribution in [2.24, 2.45) is 0 Å². The second-order valence-electron chi connectivity index (χ2n) is 6.83. The highest BCUT2D eigenvalue weighted by Crippen LogP contribution is 2.20. The lowest BCUT2D eigenvalue weighted by Gasteiger charge is -2.26. The molecule has 0 aliphatic rings. The van der Waals surface area contributed by atoms with Crippen molar-refractivity contribution in [2.45, 2.75) is 26.4 Å². The number of aromatic nitrogens is 2. The van der Waals surface area contributed by atoms with Crippen molar-refractivity contribution < 1.29 is 4.79 Å². The molecule has 4 heteroatoms. The van der Waals surface area contributed by atoms with E-state index < -0.39 is 0 Å². The molecule has 0 saturated heterocycles. The first-order valence-corrected chi connectivity index (χ1v) is 8.84. The Morgan fingerprint density at radius 2 is 1.77 bits per heavy atom. The molecule has 0 aliphatic carbocycles. The number of aromatic amines is 1. The molecule has 0 radical (unpaired) electrons. The van der Waals surface area contributed by atoms with E-state index in [-0.39, 0.29) is 11.9 Å². The van der Waals surface area contributed by atoms with Gasteiger partial charge in [-0.3, -0.25) is 9.78 Å². The van der Waals surface area contributed by atoms with Gasteiger partial charge in [0.1, 0.15) is 5.69 Å². The van der Waals surface area contributed by atoms with Crippen molar-refractivity contribution in [1.82, 2.24) is 14.9 Å². The third-order valence-corrected chi connectivity index (χ3v) is 4.64. The molecule has 1 N–H and O–H groups in total. The summed E-state index contributed by atoms with van der Waals surface area (Å²) >= 11 is 0. The summed E-state index contributed by atoms with van der Waals surface area (Å²) < 4.78 is 0. The highest BCUT2D eigenvalue weighted by molar-refractivity contribution is 5.98. The maximum absolute atomic E-state index is 13.1. The summed E-state index contributed by atoms with van der Waals surface area (Å²) in [5.41, 5.74) is 3.59. The molecule has 0 aliphatic heterocycles. The van der Waals surface area contributed by atoms with Gasteiger partial charge in [0.2, 0.25) is 0 Å². The van der Waals surface area contributed by atoms with Gasteiger partial charge in [0.05, 0.1) is 5.52 Å². The van der Waals surface area contributed by atoms with Crippen LogP contribution < -0.4 is 0 Å². The molecule has 0 fully saturated rings.